The van der Waals surface area contributed by atoms with Crippen molar-refractivity contribution in [1.29, 1.82) is 0 Å². The summed E-state index contributed by atoms with van der Waals surface area (Å²) in [5.74, 6) is 0.700. The van der Waals surface area contributed by atoms with Crippen molar-refractivity contribution in [3.63, 3.8) is 0 Å². The molecule has 3 rings (SSSR count). The predicted molar refractivity (Wildman–Crippen MR) is 79.0 cm³/mol. The van der Waals surface area contributed by atoms with E-state index in [9.17, 15) is 0 Å². The lowest BCUT2D eigenvalue weighted by Crippen LogP contribution is -2.25. The third kappa shape index (κ3) is 2.77. The maximum absolute atomic E-state index is 5.74. The third-order valence-electron chi connectivity index (χ3n) is 4.12. The Morgan fingerprint density at radius 1 is 1.26 bits per heavy atom. The molecule has 1 fully saturated rings. The van der Waals surface area contributed by atoms with Crippen LogP contribution in [0, 0.1) is 5.92 Å². The van der Waals surface area contributed by atoms with E-state index in [0.29, 0.717) is 5.92 Å². The number of hydrogen-bond acceptors (Lipinski definition) is 3. The van der Waals surface area contributed by atoms with E-state index in [-0.39, 0.29) is 0 Å². The number of hydrogen-bond donors (Lipinski definition) is 1. The summed E-state index contributed by atoms with van der Waals surface area (Å²) in [5, 5.41) is 1.24. The lowest BCUT2D eigenvalue weighted by molar-refractivity contribution is 0.330. The summed E-state index contributed by atoms with van der Waals surface area (Å²) in [4.78, 5) is 7.05. The van der Waals surface area contributed by atoms with Crippen LogP contribution in [0.1, 0.15) is 12.0 Å². The quantitative estimate of drug-likeness (QED) is 0.909. The highest BCUT2D eigenvalue weighted by molar-refractivity contribution is 5.81. The minimum absolute atomic E-state index is 0.700. The van der Waals surface area contributed by atoms with Gasteiger partial charge < -0.3 is 10.6 Å². The third-order valence-corrected chi connectivity index (χ3v) is 4.12. The second kappa shape index (κ2) is 5.68. The molecule has 1 saturated heterocycles. The number of rotatable bonds is 4. The van der Waals surface area contributed by atoms with Crippen LogP contribution in [0.2, 0.25) is 0 Å². The first-order chi connectivity index (χ1) is 9.36. The van der Waals surface area contributed by atoms with E-state index in [1.165, 1.54) is 23.9 Å². The first-order valence-electron chi connectivity index (χ1n) is 7.12. The number of likely N-dealkylation sites (tertiary alicyclic amines) is 1. The van der Waals surface area contributed by atoms with Gasteiger partial charge in [0.25, 0.3) is 0 Å². The summed E-state index contributed by atoms with van der Waals surface area (Å²) in [6.07, 6.45) is 4.21. The van der Waals surface area contributed by atoms with Crippen LogP contribution in [0.25, 0.3) is 10.9 Å². The van der Waals surface area contributed by atoms with Crippen LogP contribution in [-0.4, -0.2) is 36.1 Å². The number of aromatic nitrogens is 1. The van der Waals surface area contributed by atoms with Crippen LogP contribution in [0.5, 0.6) is 0 Å². The zero-order chi connectivity index (χ0) is 13.1. The Morgan fingerprint density at radius 2 is 2.16 bits per heavy atom. The number of pyridine rings is 1. The molecule has 100 valence electrons. The molecule has 2 N–H and O–H groups in total. The topological polar surface area (TPSA) is 42.1 Å². The van der Waals surface area contributed by atoms with Crippen molar-refractivity contribution in [3.05, 3.63) is 42.1 Å². The highest BCUT2D eigenvalue weighted by Crippen LogP contribution is 2.19. The first kappa shape index (κ1) is 12.6. The molecule has 0 saturated carbocycles. The van der Waals surface area contributed by atoms with Crippen LogP contribution >= 0.6 is 0 Å². The lowest BCUT2D eigenvalue weighted by Gasteiger charge is -2.16. The molecule has 0 amide bonds. The molecule has 19 heavy (non-hydrogen) atoms. The van der Waals surface area contributed by atoms with Gasteiger partial charge >= 0.3 is 0 Å². The normalized spacial score (nSPS) is 20.2. The second-order valence-corrected chi connectivity index (χ2v) is 5.43. The summed E-state index contributed by atoms with van der Waals surface area (Å²) in [6, 6.07) is 10.6. The van der Waals surface area contributed by atoms with Gasteiger partial charge in [0.2, 0.25) is 0 Å². The largest absolute Gasteiger partial charge is 0.330 e. The molecule has 0 aliphatic carbocycles. The van der Waals surface area contributed by atoms with E-state index in [1.54, 1.807) is 0 Å². The van der Waals surface area contributed by atoms with Crippen LogP contribution < -0.4 is 5.73 Å². The number of nitrogens with zero attached hydrogens (tertiary/aromatic N) is 2. The van der Waals surface area contributed by atoms with Gasteiger partial charge in [0, 0.05) is 24.7 Å². The van der Waals surface area contributed by atoms with E-state index in [2.05, 4.69) is 34.1 Å². The highest BCUT2D eigenvalue weighted by atomic mass is 15.1. The Hall–Kier alpha value is -1.45. The minimum atomic E-state index is 0.700. The highest BCUT2D eigenvalue weighted by Gasteiger charge is 2.20. The average Bonchev–Trinajstić information content (AvgIpc) is 2.93. The van der Waals surface area contributed by atoms with Gasteiger partial charge in [-0.15, -0.1) is 0 Å². The predicted octanol–water partition coefficient (Wildman–Crippen LogP) is 2.06. The Balaban J connectivity index is 1.69. The van der Waals surface area contributed by atoms with Crippen LogP contribution in [0.3, 0.4) is 0 Å². The number of para-hydroxylation sites is 1. The van der Waals surface area contributed by atoms with Crippen molar-refractivity contribution >= 4 is 10.9 Å². The molecule has 2 aromatic rings. The molecule has 0 radical (unpaired) electrons. The maximum Gasteiger partial charge on any atom is 0.0734 e. The molecule has 0 spiro atoms. The van der Waals surface area contributed by atoms with Crippen molar-refractivity contribution in [1.82, 2.24) is 9.88 Å². The van der Waals surface area contributed by atoms with E-state index in [4.69, 9.17) is 5.73 Å². The van der Waals surface area contributed by atoms with Crippen molar-refractivity contribution in [2.75, 3.05) is 26.2 Å². The van der Waals surface area contributed by atoms with Crippen molar-refractivity contribution in [3.8, 4) is 0 Å². The molecular weight excluding hydrogens is 234 g/mol. The van der Waals surface area contributed by atoms with E-state index >= 15 is 0 Å². The number of benzene rings is 1. The van der Waals surface area contributed by atoms with E-state index < -0.39 is 0 Å². The van der Waals surface area contributed by atoms with Gasteiger partial charge in [-0.05, 0) is 43.5 Å². The zero-order valence-corrected chi connectivity index (χ0v) is 11.3. The molecule has 2 heterocycles. The molecule has 1 unspecified atom stereocenters. The van der Waals surface area contributed by atoms with Gasteiger partial charge in [0.1, 0.15) is 0 Å². The lowest BCUT2D eigenvalue weighted by atomic mass is 10.1. The molecule has 1 atom stereocenters. The monoisotopic (exact) mass is 255 g/mol. The molecule has 1 aliphatic heterocycles. The van der Waals surface area contributed by atoms with Gasteiger partial charge in [-0.1, -0.05) is 24.3 Å². The fourth-order valence-electron chi connectivity index (χ4n) is 2.96. The number of fused-ring (bicyclic) bond motifs is 1. The smallest absolute Gasteiger partial charge is 0.0734 e. The molecule has 3 heteroatoms. The molecular formula is C16H21N3. The van der Waals surface area contributed by atoms with Crippen LogP contribution in [0.4, 0.5) is 0 Å². The van der Waals surface area contributed by atoms with Gasteiger partial charge in [-0.25, -0.2) is 0 Å². The van der Waals surface area contributed by atoms with E-state index in [1.807, 2.05) is 12.3 Å². The molecule has 1 aromatic heterocycles. The second-order valence-electron chi connectivity index (χ2n) is 5.43. The van der Waals surface area contributed by atoms with Crippen LogP contribution in [-0.2, 0) is 6.42 Å². The maximum atomic E-state index is 5.74. The van der Waals surface area contributed by atoms with Crippen LogP contribution in [0.15, 0.2) is 36.5 Å². The molecule has 3 nitrogen and oxygen atoms in total. The summed E-state index contributed by atoms with van der Waals surface area (Å²) in [5.41, 5.74) is 8.25. The molecule has 1 aliphatic rings. The zero-order valence-electron chi connectivity index (χ0n) is 11.3. The van der Waals surface area contributed by atoms with Gasteiger partial charge in [-0.3, -0.25) is 4.98 Å². The van der Waals surface area contributed by atoms with Crippen molar-refractivity contribution in [2.24, 2.45) is 11.7 Å². The average molecular weight is 255 g/mol. The summed E-state index contributed by atoms with van der Waals surface area (Å²) in [7, 11) is 0. The van der Waals surface area contributed by atoms with E-state index in [0.717, 1.165) is 31.6 Å². The standard InChI is InChI=1S/C16H21N3/c17-11-13-6-9-19(12-13)10-7-15-4-1-3-14-5-2-8-18-16(14)15/h1-5,8,13H,6-7,9-12,17H2. The fourth-order valence-corrected chi connectivity index (χ4v) is 2.96. The fraction of sp³-hybridized carbons (Fsp3) is 0.438. The Morgan fingerprint density at radius 3 is 3.00 bits per heavy atom. The molecule has 0 bridgehead atoms. The Labute approximate surface area is 114 Å². The van der Waals surface area contributed by atoms with Crippen molar-refractivity contribution < 1.29 is 0 Å². The van der Waals surface area contributed by atoms with Gasteiger partial charge in [-0.2, -0.15) is 0 Å². The summed E-state index contributed by atoms with van der Waals surface area (Å²) in [6.45, 7) is 4.30. The first-order valence-corrected chi connectivity index (χ1v) is 7.12. The minimum Gasteiger partial charge on any atom is -0.330 e. The summed E-state index contributed by atoms with van der Waals surface area (Å²) < 4.78 is 0. The SMILES string of the molecule is NCC1CCN(CCc2cccc3cccnc23)C1. The Bertz CT molecular complexity index is 547. The van der Waals surface area contributed by atoms with Gasteiger partial charge in [0.05, 0.1) is 5.52 Å². The van der Waals surface area contributed by atoms with Crippen molar-refractivity contribution in [2.45, 2.75) is 12.8 Å². The molecule has 1 aromatic carbocycles. The Kier molecular flexibility index (Phi) is 3.76. The summed E-state index contributed by atoms with van der Waals surface area (Å²) >= 11 is 0. The number of nitrogens with two attached hydrogens (primary N) is 1. The van der Waals surface area contributed by atoms with Gasteiger partial charge in [0.15, 0.2) is 0 Å².